The molecule has 0 saturated carbocycles. The van der Waals surface area contributed by atoms with Crippen LogP contribution in [0.15, 0.2) is 69.7 Å². The van der Waals surface area contributed by atoms with E-state index in [-0.39, 0.29) is 5.25 Å². The highest BCUT2D eigenvalue weighted by Gasteiger charge is 2.27. The molecule has 0 bridgehead atoms. The molecule has 2 aliphatic rings. The van der Waals surface area contributed by atoms with Crippen LogP contribution in [0.2, 0.25) is 0 Å². The number of hydrogen-bond donors (Lipinski definition) is 2. The third-order valence-electron chi connectivity index (χ3n) is 7.44. The number of hydrogen-bond acceptors (Lipinski definition) is 2. The van der Waals surface area contributed by atoms with E-state index in [4.69, 9.17) is 0 Å². The minimum atomic E-state index is -2.84. The Hall–Kier alpha value is -1.55. The first-order valence-corrected chi connectivity index (χ1v) is 14.0. The van der Waals surface area contributed by atoms with E-state index in [9.17, 15) is 9.11 Å². The van der Waals surface area contributed by atoms with E-state index >= 15 is 0 Å². The second kappa shape index (κ2) is 10.6. The van der Waals surface area contributed by atoms with Crippen molar-refractivity contribution in [1.82, 2.24) is 0 Å². The SMILES string of the molecule is CCCC(C)S(O)(O)c1cccc(C2=C(CC)C=CCC(C)C3=C2C=C(C)C(C)CC3)c1. The van der Waals surface area contributed by atoms with Crippen LogP contribution in [0, 0.1) is 11.8 Å². The van der Waals surface area contributed by atoms with Gasteiger partial charge in [-0.2, -0.15) is 10.6 Å². The summed E-state index contributed by atoms with van der Waals surface area (Å²) in [7, 11) is -2.84. The van der Waals surface area contributed by atoms with Crippen molar-refractivity contribution in [2.75, 3.05) is 0 Å². The maximum absolute atomic E-state index is 11.1. The van der Waals surface area contributed by atoms with Crippen molar-refractivity contribution in [2.45, 2.75) is 90.2 Å². The maximum atomic E-state index is 11.1. The molecule has 32 heavy (non-hydrogen) atoms. The Morgan fingerprint density at radius 3 is 2.56 bits per heavy atom. The fourth-order valence-electron chi connectivity index (χ4n) is 5.03. The molecule has 3 unspecified atom stereocenters. The Morgan fingerprint density at radius 2 is 1.88 bits per heavy atom. The molecule has 1 aromatic carbocycles. The van der Waals surface area contributed by atoms with Gasteiger partial charge in [-0.3, -0.25) is 9.11 Å². The monoisotopic (exact) mass is 454 g/mol. The lowest BCUT2D eigenvalue weighted by Crippen LogP contribution is -2.14. The molecule has 0 amide bonds. The van der Waals surface area contributed by atoms with Crippen molar-refractivity contribution in [2.24, 2.45) is 11.8 Å². The van der Waals surface area contributed by atoms with Crippen molar-refractivity contribution in [3.63, 3.8) is 0 Å². The van der Waals surface area contributed by atoms with Gasteiger partial charge in [0.05, 0.1) is 10.1 Å². The summed E-state index contributed by atoms with van der Waals surface area (Å²) in [5.41, 5.74) is 8.08. The van der Waals surface area contributed by atoms with Crippen LogP contribution in [0.4, 0.5) is 0 Å². The van der Waals surface area contributed by atoms with E-state index in [0.717, 1.165) is 37.7 Å². The quantitative estimate of drug-likeness (QED) is 0.449. The van der Waals surface area contributed by atoms with Crippen LogP contribution in [0.5, 0.6) is 0 Å². The van der Waals surface area contributed by atoms with Gasteiger partial charge in [0.2, 0.25) is 0 Å². The first-order chi connectivity index (χ1) is 15.2. The second-order valence-corrected chi connectivity index (χ2v) is 12.2. The van der Waals surface area contributed by atoms with E-state index in [1.807, 2.05) is 19.1 Å². The highest BCUT2D eigenvalue weighted by Crippen LogP contribution is 2.54. The number of benzene rings is 1. The molecule has 176 valence electrons. The van der Waals surface area contributed by atoms with Gasteiger partial charge in [0.15, 0.2) is 0 Å². The van der Waals surface area contributed by atoms with E-state index in [1.54, 1.807) is 5.57 Å². The summed E-state index contributed by atoms with van der Waals surface area (Å²) in [6.07, 6.45) is 13.2. The summed E-state index contributed by atoms with van der Waals surface area (Å²) in [5, 5.41) is -0.143. The third kappa shape index (κ3) is 5.16. The third-order valence-corrected chi connectivity index (χ3v) is 9.75. The topological polar surface area (TPSA) is 40.5 Å². The largest absolute Gasteiger partial charge is 0.295 e. The van der Waals surface area contributed by atoms with Crippen molar-refractivity contribution >= 4 is 16.2 Å². The molecule has 2 aliphatic carbocycles. The predicted octanol–water partition coefficient (Wildman–Crippen LogP) is 9.42. The molecule has 0 aliphatic heterocycles. The molecule has 2 nitrogen and oxygen atoms in total. The van der Waals surface area contributed by atoms with Crippen LogP contribution in [0.1, 0.15) is 85.6 Å². The van der Waals surface area contributed by atoms with E-state index in [2.05, 4.69) is 65.0 Å². The smallest absolute Gasteiger partial charge is 0.0592 e. The fraction of sp³-hybridized carbons (Fsp3) is 0.517. The van der Waals surface area contributed by atoms with Gasteiger partial charge in [0.1, 0.15) is 0 Å². The number of allylic oxidation sites excluding steroid dienone is 8. The maximum Gasteiger partial charge on any atom is 0.0592 e. The minimum absolute atomic E-state index is 0.143. The summed E-state index contributed by atoms with van der Waals surface area (Å²) in [6.45, 7) is 13.2. The second-order valence-electron chi connectivity index (χ2n) is 9.78. The van der Waals surface area contributed by atoms with Gasteiger partial charge in [-0.25, -0.2) is 0 Å². The Kier molecular flexibility index (Phi) is 8.30. The minimum Gasteiger partial charge on any atom is -0.295 e. The number of rotatable bonds is 6. The van der Waals surface area contributed by atoms with Crippen LogP contribution in [0.3, 0.4) is 0 Å². The molecular weight excluding hydrogens is 412 g/mol. The van der Waals surface area contributed by atoms with Crippen LogP contribution in [-0.2, 0) is 0 Å². The van der Waals surface area contributed by atoms with E-state index in [1.165, 1.54) is 28.7 Å². The van der Waals surface area contributed by atoms with Gasteiger partial charge in [-0.15, -0.1) is 0 Å². The molecule has 1 aromatic rings. The van der Waals surface area contributed by atoms with E-state index in [0.29, 0.717) is 16.7 Å². The van der Waals surface area contributed by atoms with Crippen molar-refractivity contribution < 1.29 is 9.11 Å². The average Bonchev–Trinajstić information content (AvgIpc) is 2.90. The Morgan fingerprint density at radius 1 is 1.12 bits per heavy atom. The van der Waals surface area contributed by atoms with Gasteiger partial charge in [0.25, 0.3) is 0 Å². The molecule has 3 atom stereocenters. The lowest BCUT2D eigenvalue weighted by molar-refractivity contribution is 0.467. The lowest BCUT2D eigenvalue weighted by Gasteiger charge is -2.39. The zero-order valence-corrected chi connectivity index (χ0v) is 21.6. The van der Waals surface area contributed by atoms with Gasteiger partial charge in [-0.05, 0) is 92.2 Å². The van der Waals surface area contributed by atoms with Gasteiger partial charge in [-0.1, -0.05) is 75.6 Å². The molecule has 0 spiro atoms. The van der Waals surface area contributed by atoms with Crippen LogP contribution < -0.4 is 0 Å². The molecule has 0 fully saturated rings. The molecule has 3 heteroatoms. The van der Waals surface area contributed by atoms with Gasteiger partial charge in [0, 0.05) is 0 Å². The molecular formula is C29H42O2S. The summed E-state index contributed by atoms with van der Waals surface area (Å²) < 4.78 is 22.2. The van der Waals surface area contributed by atoms with Crippen LogP contribution in [0.25, 0.3) is 5.57 Å². The zero-order chi connectivity index (χ0) is 23.5. The van der Waals surface area contributed by atoms with Crippen molar-refractivity contribution in [3.05, 3.63) is 70.3 Å². The normalized spacial score (nSPS) is 23.8. The first-order valence-electron chi connectivity index (χ1n) is 12.4. The standard InChI is InChI=1S/C29H42O2S/c1-7-11-23(6)32(30,31)26-15-10-14-25(19-26)29-24(8-2)13-9-12-21(4)27-17-16-20(3)22(5)18-28(27)29/h9-10,13-15,18-21,23,30-31H,7-8,11-12,16-17H2,1-6H3. The highest BCUT2D eigenvalue weighted by atomic mass is 32.3. The molecule has 0 saturated heterocycles. The lowest BCUT2D eigenvalue weighted by atomic mass is 9.81. The summed E-state index contributed by atoms with van der Waals surface area (Å²) in [6, 6.07) is 8.09. The van der Waals surface area contributed by atoms with Crippen LogP contribution in [-0.4, -0.2) is 14.4 Å². The first kappa shape index (κ1) is 25.1. The molecule has 0 heterocycles. The summed E-state index contributed by atoms with van der Waals surface area (Å²) in [5.74, 6) is 1.10. The molecule has 2 N–H and O–H groups in total. The Bertz CT molecular complexity index is 948. The van der Waals surface area contributed by atoms with Gasteiger partial charge < -0.3 is 0 Å². The van der Waals surface area contributed by atoms with Crippen molar-refractivity contribution in [1.29, 1.82) is 0 Å². The van der Waals surface area contributed by atoms with Crippen molar-refractivity contribution in [3.8, 4) is 0 Å². The molecule has 3 rings (SSSR count). The fourth-order valence-corrected chi connectivity index (χ4v) is 6.64. The van der Waals surface area contributed by atoms with Crippen LogP contribution >= 0.6 is 10.6 Å². The Labute approximate surface area is 197 Å². The predicted molar refractivity (Wildman–Crippen MR) is 141 cm³/mol. The molecule has 0 aromatic heterocycles. The summed E-state index contributed by atoms with van der Waals surface area (Å²) >= 11 is 0. The highest BCUT2D eigenvalue weighted by molar-refractivity contribution is 8.24. The zero-order valence-electron chi connectivity index (χ0n) is 20.8. The molecule has 0 radical (unpaired) electrons. The Balaban J connectivity index is 2.23. The van der Waals surface area contributed by atoms with E-state index < -0.39 is 10.6 Å². The van der Waals surface area contributed by atoms with Gasteiger partial charge >= 0.3 is 0 Å². The summed E-state index contributed by atoms with van der Waals surface area (Å²) in [4.78, 5) is 0.669. The average molecular weight is 455 g/mol.